The summed E-state index contributed by atoms with van der Waals surface area (Å²) in [5.41, 5.74) is 1.35. The van der Waals surface area contributed by atoms with Gasteiger partial charge in [0.05, 0.1) is 0 Å². The van der Waals surface area contributed by atoms with Gasteiger partial charge in [-0.2, -0.15) is 0 Å². The molecule has 2 aliphatic rings. The highest BCUT2D eigenvalue weighted by molar-refractivity contribution is 5.82. The number of carbonyl (C=O) groups is 1. The summed E-state index contributed by atoms with van der Waals surface area (Å²) < 4.78 is 0. The molecule has 1 atom stereocenters. The third-order valence-corrected chi connectivity index (χ3v) is 5.84. The zero-order chi connectivity index (χ0) is 18.5. The molecule has 0 aromatic heterocycles. The molecule has 0 unspecified atom stereocenters. The molecule has 2 fully saturated rings. The lowest BCUT2D eigenvalue weighted by atomic mass is 10.1. The largest absolute Gasteiger partial charge is 0.340 e. The second-order valence-electron chi connectivity index (χ2n) is 8.03. The van der Waals surface area contributed by atoms with E-state index >= 15 is 0 Å². The number of carbonyl (C=O) groups excluding carboxylic acids is 1. The Bertz CT molecular complexity index is 577. The Morgan fingerprint density at radius 2 is 1.81 bits per heavy atom. The number of piperazine rings is 1. The van der Waals surface area contributed by atoms with Crippen molar-refractivity contribution in [1.29, 1.82) is 0 Å². The van der Waals surface area contributed by atoms with E-state index in [0.717, 1.165) is 58.8 Å². The van der Waals surface area contributed by atoms with Crippen LogP contribution in [-0.4, -0.2) is 90.5 Å². The summed E-state index contributed by atoms with van der Waals surface area (Å²) in [6.45, 7) is 12.1. The number of likely N-dealkylation sites (N-methyl/N-ethyl adjacent to an activating group) is 1. The minimum Gasteiger partial charge on any atom is -0.340 e. The van der Waals surface area contributed by atoms with Gasteiger partial charge in [-0.3, -0.25) is 19.5 Å². The van der Waals surface area contributed by atoms with Crippen LogP contribution in [0.3, 0.4) is 0 Å². The molecule has 1 aromatic rings. The van der Waals surface area contributed by atoms with Crippen molar-refractivity contribution in [1.82, 2.24) is 19.6 Å². The Morgan fingerprint density at radius 1 is 1.04 bits per heavy atom. The van der Waals surface area contributed by atoms with Crippen molar-refractivity contribution < 1.29 is 4.79 Å². The van der Waals surface area contributed by atoms with E-state index in [0.29, 0.717) is 11.9 Å². The van der Waals surface area contributed by atoms with E-state index in [9.17, 15) is 4.79 Å². The van der Waals surface area contributed by atoms with Crippen LogP contribution in [0.2, 0.25) is 0 Å². The van der Waals surface area contributed by atoms with Crippen LogP contribution in [0, 0.1) is 0 Å². The van der Waals surface area contributed by atoms with Crippen molar-refractivity contribution in [3.05, 3.63) is 35.9 Å². The van der Waals surface area contributed by atoms with Gasteiger partial charge in [-0.05, 0) is 32.9 Å². The van der Waals surface area contributed by atoms with E-state index in [4.69, 9.17) is 0 Å². The molecule has 0 radical (unpaired) electrons. The lowest BCUT2D eigenvalue weighted by Crippen LogP contribution is -2.59. The lowest BCUT2D eigenvalue weighted by Gasteiger charge is -2.42. The van der Waals surface area contributed by atoms with Crippen molar-refractivity contribution in [2.75, 3.05) is 52.9 Å². The molecule has 3 rings (SSSR count). The Hall–Kier alpha value is -1.43. The molecule has 26 heavy (non-hydrogen) atoms. The van der Waals surface area contributed by atoms with E-state index in [-0.39, 0.29) is 6.04 Å². The molecule has 144 valence electrons. The van der Waals surface area contributed by atoms with Crippen molar-refractivity contribution >= 4 is 5.91 Å². The highest BCUT2D eigenvalue weighted by Gasteiger charge is 2.34. The smallest absolute Gasteiger partial charge is 0.241 e. The van der Waals surface area contributed by atoms with Gasteiger partial charge < -0.3 is 4.90 Å². The minimum atomic E-state index is 0.00632. The van der Waals surface area contributed by atoms with Gasteiger partial charge in [-0.25, -0.2) is 0 Å². The average molecular weight is 359 g/mol. The van der Waals surface area contributed by atoms with Gasteiger partial charge in [0.1, 0.15) is 6.04 Å². The Labute approximate surface area is 158 Å². The molecule has 1 aromatic carbocycles. The number of rotatable bonds is 4. The molecule has 0 N–H and O–H groups in total. The van der Waals surface area contributed by atoms with Crippen LogP contribution in [-0.2, 0) is 11.3 Å². The minimum absolute atomic E-state index is 0.00632. The second-order valence-corrected chi connectivity index (χ2v) is 8.03. The van der Waals surface area contributed by atoms with Gasteiger partial charge in [0.2, 0.25) is 5.91 Å². The van der Waals surface area contributed by atoms with E-state index in [1.165, 1.54) is 5.56 Å². The fourth-order valence-corrected chi connectivity index (χ4v) is 4.03. The molecule has 0 bridgehead atoms. The molecule has 5 nitrogen and oxygen atoms in total. The highest BCUT2D eigenvalue weighted by atomic mass is 16.2. The first-order valence-corrected chi connectivity index (χ1v) is 10.0. The van der Waals surface area contributed by atoms with Crippen LogP contribution in [0.5, 0.6) is 0 Å². The van der Waals surface area contributed by atoms with Gasteiger partial charge in [0, 0.05) is 58.4 Å². The van der Waals surface area contributed by atoms with E-state index < -0.39 is 0 Å². The topological polar surface area (TPSA) is 30.0 Å². The maximum absolute atomic E-state index is 13.2. The normalized spacial score (nSPS) is 24.0. The van der Waals surface area contributed by atoms with Crippen LogP contribution >= 0.6 is 0 Å². The fourth-order valence-electron chi connectivity index (χ4n) is 4.03. The molecule has 2 aliphatic heterocycles. The standard InChI is InChI=1S/C21H34N4O/c1-18(2)25-14-12-22(3)20(17-25)21(26)24-11-7-10-23(13-15-24)16-19-8-5-4-6-9-19/h4-6,8-9,18,20H,7,10-17H2,1-3H3/t20-/m0/s1. The van der Waals surface area contributed by atoms with Gasteiger partial charge in [0.15, 0.2) is 0 Å². The predicted octanol–water partition coefficient (Wildman–Crippen LogP) is 1.75. The van der Waals surface area contributed by atoms with E-state index in [2.05, 4.69) is 70.8 Å². The number of hydrogen-bond donors (Lipinski definition) is 0. The van der Waals surface area contributed by atoms with Gasteiger partial charge in [-0.15, -0.1) is 0 Å². The monoisotopic (exact) mass is 358 g/mol. The zero-order valence-corrected chi connectivity index (χ0v) is 16.6. The molecule has 5 heteroatoms. The first kappa shape index (κ1) is 19.3. The third-order valence-electron chi connectivity index (χ3n) is 5.84. The van der Waals surface area contributed by atoms with E-state index in [1.54, 1.807) is 0 Å². The number of hydrogen-bond acceptors (Lipinski definition) is 4. The SMILES string of the molecule is CC(C)N1CCN(C)[C@H](C(=O)N2CCCN(Cc3ccccc3)CC2)C1. The highest BCUT2D eigenvalue weighted by Crippen LogP contribution is 2.15. The second kappa shape index (κ2) is 8.98. The predicted molar refractivity (Wildman–Crippen MR) is 106 cm³/mol. The molecule has 1 amide bonds. The van der Waals surface area contributed by atoms with Crippen LogP contribution < -0.4 is 0 Å². The maximum Gasteiger partial charge on any atom is 0.241 e. The Balaban J connectivity index is 1.56. The van der Waals surface area contributed by atoms with Gasteiger partial charge >= 0.3 is 0 Å². The number of amides is 1. The Kier molecular flexibility index (Phi) is 6.68. The summed E-state index contributed by atoms with van der Waals surface area (Å²) in [7, 11) is 2.10. The molecule has 2 heterocycles. The van der Waals surface area contributed by atoms with Gasteiger partial charge in [0.25, 0.3) is 0 Å². The number of benzene rings is 1. The van der Waals surface area contributed by atoms with Crippen LogP contribution in [0.25, 0.3) is 0 Å². The van der Waals surface area contributed by atoms with Crippen molar-refractivity contribution in [3.63, 3.8) is 0 Å². The quantitative estimate of drug-likeness (QED) is 0.820. The summed E-state index contributed by atoms with van der Waals surface area (Å²) in [5, 5.41) is 0. The van der Waals surface area contributed by atoms with Crippen LogP contribution in [0.4, 0.5) is 0 Å². The fraction of sp³-hybridized carbons (Fsp3) is 0.667. The summed E-state index contributed by atoms with van der Waals surface area (Å²) in [5.74, 6) is 0.319. The van der Waals surface area contributed by atoms with Crippen molar-refractivity contribution in [2.45, 2.75) is 38.9 Å². The molecule has 2 saturated heterocycles. The van der Waals surface area contributed by atoms with E-state index in [1.807, 2.05) is 0 Å². The van der Waals surface area contributed by atoms with Crippen molar-refractivity contribution in [3.8, 4) is 0 Å². The van der Waals surface area contributed by atoms with Crippen LogP contribution in [0.1, 0.15) is 25.8 Å². The first-order chi connectivity index (χ1) is 12.5. The lowest BCUT2D eigenvalue weighted by molar-refractivity contribution is -0.139. The van der Waals surface area contributed by atoms with Crippen molar-refractivity contribution in [2.24, 2.45) is 0 Å². The summed E-state index contributed by atoms with van der Waals surface area (Å²) in [4.78, 5) is 22.5. The molecular formula is C21H34N4O. The summed E-state index contributed by atoms with van der Waals surface area (Å²) in [6.07, 6.45) is 1.06. The summed E-state index contributed by atoms with van der Waals surface area (Å²) >= 11 is 0. The Morgan fingerprint density at radius 3 is 2.54 bits per heavy atom. The molecular weight excluding hydrogens is 324 g/mol. The van der Waals surface area contributed by atoms with Gasteiger partial charge in [-0.1, -0.05) is 30.3 Å². The molecule has 0 spiro atoms. The molecule has 0 aliphatic carbocycles. The summed E-state index contributed by atoms with van der Waals surface area (Å²) in [6, 6.07) is 11.1. The zero-order valence-electron chi connectivity index (χ0n) is 16.6. The average Bonchev–Trinajstić information content (AvgIpc) is 2.88. The number of nitrogens with zero attached hydrogens (tertiary/aromatic N) is 4. The molecule has 0 saturated carbocycles. The maximum atomic E-state index is 13.2. The first-order valence-electron chi connectivity index (χ1n) is 10.0. The van der Waals surface area contributed by atoms with Crippen LogP contribution in [0.15, 0.2) is 30.3 Å². The third kappa shape index (κ3) is 4.84.